The Hall–Kier alpha value is -4.57. The van der Waals surface area contributed by atoms with E-state index in [2.05, 4.69) is 47.6 Å². The molecule has 0 bridgehead atoms. The minimum absolute atomic E-state index is 0.0630. The second-order valence-corrected chi connectivity index (χ2v) is 8.11. The minimum atomic E-state index is -0.0630. The molecule has 1 fully saturated rings. The smallest absolute Gasteiger partial charge is 0.275 e. The molecule has 1 aliphatic heterocycles. The Labute approximate surface area is 200 Å². The lowest BCUT2D eigenvalue weighted by molar-refractivity contribution is 0.122. The molecule has 3 N–H and O–H groups in total. The molecule has 2 aromatic heterocycles. The third kappa shape index (κ3) is 4.34. The van der Waals surface area contributed by atoms with Crippen LogP contribution in [0.1, 0.15) is 0 Å². The zero-order valence-electron chi connectivity index (χ0n) is 18.7. The predicted octanol–water partition coefficient (Wildman–Crippen LogP) is 5.21. The van der Waals surface area contributed by atoms with Gasteiger partial charge in [0.2, 0.25) is 17.8 Å². The van der Waals surface area contributed by atoms with Crippen molar-refractivity contribution in [2.75, 3.05) is 36.5 Å². The van der Waals surface area contributed by atoms with Gasteiger partial charge in [-0.25, -0.2) is 0 Å². The van der Waals surface area contributed by atoms with Crippen molar-refractivity contribution < 1.29 is 9.84 Å². The summed E-state index contributed by atoms with van der Waals surface area (Å²) in [4.78, 5) is 18.5. The second kappa shape index (κ2) is 8.99. The molecule has 3 heterocycles. The highest BCUT2D eigenvalue weighted by atomic mass is 16.5. The highest BCUT2D eigenvalue weighted by molar-refractivity contribution is 5.94. The summed E-state index contributed by atoms with van der Waals surface area (Å²) in [5.74, 6) is 0.916. The average molecular weight is 467 g/mol. The van der Waals surface area contributed by atoms with Crippen LogP contribution in [0.15, 0.2) is 77.0 Å². The van der Waals surface area contributed by atoms with Crippen LogP contribution in [0.4, 0.5) is 29.2 Å². The topological polar surface area (TPSA) is 124 Å². The number of ether oxygens (including phenoxy) is 1. The number of rotatable bonds is 5. The van der Waals surface area contributed by atoms with Crippen LogP contribution in [0, 0.1) is 0 Å². The van der Waals surface area contributed by atoms with E-state index in [4.69, 9.17) is 4.74 Å². The Kier molecular flexibility index (Phi) is 5.39. The Morgan fingerprint density at radius 3 is 2.57 bits per heavy atom. The van der Waals surface area contributed by atoms with Gasteiger partial charge < -0.3 is 25.0 Å². The molecule has 35 heavy (non-hydrogen) atoms. The van der Waals surface area contributed by atoms with E-state index in [1.807, 2.05) is 59.5 Å². The normalized spacial score (nSPS) is 14.2. The molecule has 6 rings (SSSR count). The summed E-state index contributed by atoms with van der Waals surface area (Å²) in [5, 5.41) is 25.1. The summed E-state index contributed by atoms with van der Waals surface area (Å²) in [7, 11) is 0. The summed E-state index contributed by atoms with van der Waals surface area (Å²) in [5.41, 5.74) is 1.94. The summed E-state index contributed by atoms with van der Waals surface area (Å²) >= 11 is 0. The SMILES string of the molecule is Oc1[nH]c2ccccc2c1N=Nc1nc(Nc2ccc3ccccc3c2)nc(N2CCOCC2)n1. The lowest BCUT2D eigenvalue weighted by Crippen LogP contribution is -2.37. The number of para-hydroxylation sites is 1. The van der Waals surface area contributed by atoms with Crippen LogP contribution in [0.25, 0.3) is 21.7 Å². The molecule has 0 unspecified atom stereocenters. The first-order valence-electron chi connectivity index (χ1n) is 11.3. The van der Waals surface area contributed by atoms with E-state index in [1.54, 1.807) is 0 Å². The monoisotopic (exact) mass is 466 g/mol. The summed E-state index contributed by atoms with van der Waals surface area (Å²) in [6.45, 7) is 2.52. The first-order valence-corrected chi connectivity index (χ1v) is 11.3. The lowest BCUT2D eigenvalue weighted by Gasteiger charge is -2.26. The van der Waals surface area contributed by atoms with Crippen LogP contribution in [0.2, 0.25) is 0 Å². The van der Waals surface area contributed by atoms with Gasteiger partial charge in [0, 0.05) is 24.2 Å². The van der Waals surface area contributed by atoms with Gasteiger partial charge in [0.05, 0.1) is 18.7 Å². The fraction of sp³-hybridized carbons (Fsp3) is 0.160. The summed E-state index contributed by atoms with van der Waals surface area (Å²) in [6, 6.07) is 21.7. The number of morpholine rings is 1. The van der Waals surface area contributed by atoms with Crippen molar-refractivity contribution in [2.45, 2.75) is 0 Å². The zero-order chi connectivity index (χ0) is 23.6. The van der Waals surface area contributed by atoms with Gasteiger partial charge in [-0.05, 0) is 29.0 Å². The molecule has 1 saturated heterocycles. The molecule has 0 radical (unpaired) electrons. The van der Waals surface area contributed by atoms with E-state index in [-0.39, 0.29) is 11.8 Å². The second-order valence-electron chi connectivity index (χ2n) is 8.11. The largest absolute Gasteiger partial charge is 0.493 e. The maximum atomic E-state index is 10.3. The quantitative estimate of drug-likeness (QED) is 0.304. The Morgan fingerprint density at radius 1 is 0.886 bits per heavy atom. The first kappa shape index (κ1) is 21.0. The molecule has 0 saturated carbocycles. The van der Waals surface area contributed by atoms with Gasteiger partial charge in [-0.2, -0.15) is 15.0 Å². The average Bonchev–Trinajstić information content (AvgIpc) is 3.22. The number of azo groups is 1. The number of nitrogens with zero attached hydrogens (tertiary/aromatic N) is 6. The maximum Gasteiger partial charge on any atom is 0.275 e. The van der Waals surface area contributed by atoms with Gasteiger partial charge in [-0.3, -0.25) is 0 Å². The first-order chi connectivity index (χ1) is 17.2. The molecule has 0 atom stereocenters. The zero-order valence-corrected chi connectivity index (χ0v) is 18.7. The third-order valence-corrected chi connectivity index (χ3v) is 5.81. The number of aromatic amines is 1. The van der Waals surface area contributed by atoms with Gasteiger partial charge in [0.25, 0.3) is 5.95 Å². The highest BCUT2D eigenvalue weighted by Crippen LogP contribution is 2.36. The minimum Gasteiger partial charge on any atom is -0.493 e. The number of hydrogen-bond acceptors (Lipinski definition) is 9. The molecule has 10 heteroatoms. The van der Waals surface area contributed by atoms with E-state index in [1.165, 1.54) is 0 Å². The van der Waals surface area contributed by atoms with Crippen LogP contribution >= 0.6 is 0 Å². The highest BCUT2D eigenvalue weighted by Gasteiger charge is 2.17. The number of aromatic nitrogens is 4. The number of hydrogen-bond donors (Lipinski definition) is 3. The van der Waals surface area contributed by atoms with Gasteiger partial charge in [0.1, 0.15) is 0 Å². The van der Waals surface area contributed by atoms with Crippen molar-refractivity contribution in [3.63, 3.8) is 0 Å². The van der Waals surface area contributed by atoms with Crippen molar-refractivity contribution >= 4 is 50.9 Å². The lowest BCUT2D eigenvalue weighted by atomic mass is 10.1. The molecule has 0 aliphatic carbocycles. The van der Waals surface area contributed by atoms with E-state index in [0.29, 0.717) is 43.9 Å². The number of benzene rings is 3. The summed E-state index contributed by atoms with van der Waals surface area (Å²) in [6.07, 6.45) is 0. The van der Waals surface area contributed by atoms with Crippen LogP contribution in [0.3, 0.4) is 0 Å². The van der Waals surface area contributed by atoms with Gasteiger partial charge in [-0.1, -0.05) is 48.5 Å². The van der Waals surface area contributed by atoms with E-state index in [0.717, 1.165) is 27.4 Å². The number of aromatic hydroxyl groups is 1. The molecule has 0 spiro atoms. The fourth-order valence-corrected chi connectivity index (χ4v) is 4.06. The summed E-state index contributed by atoms with van der Waals surface area (Å²) < 4.78 is 5.47. The molecule has 1 aliphatic rings. The van der Waals surface area contributed by atoms with Crippen molar-refractivity contribution in [2.24, 2.45) is 10.2 Å². The maximum absolute atomic E-state index is 10.3. The Bertz CT molecular complexity index is 1540. The number of nitrogens with one attached hydrogen (secondary N) is 2. The fourth-order valence-electron chi connectivity index (χ4n) is 4.06. The Balaban J connectivity index is 1.36. The standard InChI is InChI=1S/C25H22N8O2/c34-22-21(19-7-3-4-8-20(19)27-22)31-32-24-28-23(29-25(30-24)33-11-13-35-14-12-33)26-18-10-9-16-5-1-2-6-17(16)15-18/h1-10,15,27,34H,11-14H2,(H,26,28,29,30). The molecule has 174 valence electrons. The van der Waals surface area contributed by atoms with Crippen LogP contribution < -0.4 is 10.2 Å². The van der Waals surface area contributed by atoms with Crippen molar-refractivity contribution in [1.29, 1.82) is 0 Å². The molecule has 5 aromatic rings. The van der Waals surface area contributed by atoms with E-state index >= 15 is 0 Å². The molecule has 10 nitrogen and oxygen atoms in total. The molecule has 0 amide bonds. The molecule has 3 aromatic carbocycles. The van der Waals surface area contributed by atoms with Crippen molar-refractivity contribution in [3.05, 3.63) is 66.7 Å². The Morgan fingerprint density at radius 2 is 1.69 bits per heavy atom. The van der Waals surface area contributed by atoms with Crippen molar-refractivity contribution in [3.8, 4) is 5.88 Å². The van der Waals surface area contributed by atoms with Crippen LogP contribution in [-0.4, -0.2) is 51.3 Å². The van der Waals surface area contributed by atoms with Gasteiger partial charge in [0.15, 0.2) is 5.69 Å². The van der Waals surface area contributed by atoms with Crippen molar-refractivity contribution in [1.82, 2.24) is 19.9 Å². The van der Waals surface area contributed by atoms with E-state index < -0.39 is 0 Å². The van der Waals surface area contributed by atoms with E-state index in [9.17, 15) is 5.11 Å². The molecular weight excluding hydrogens is 444 g/mol. The van der Waals surface area contributed by atoms with Gasteiger partial charge in [-0.15, -0.1) is 10.2 Å². The molecular formula is C25H22N8O2. The van der Waals surface area contributed by atoms with Crippen LogP contribution in [-0.2, 0) is 4.74 Å². The predicted molar refractivity (Wildman–Crippen MR) is 134 cm³/mol. The van der Waals surface area contributed by atoms with Gasteiger partial charge >= 0.3 is 0 Å². The number of fused-ring (bicyclic) bond motifs is 2. The van der Waals surface area contributed by atoms with Crippen LogP contribution in [0.5, 0.6) is 5.88 Å². The number of H-pyrrole nitrogens is 1. The third-order valence-electron chi connectivity index (χ3n) is 5.81. The number of anilines is 3.